The molecule has 20 heavy (non-hydrogen) atoms. The van der Waals surface area contributed by atoms with Crippen LogP contribution in [-0.2, 0) is 5.88 Å². The summed E-state index contributed by atoms with van der Waals surface area (Å²) in [5, 5.41) is 0.371. The van der Waals surface area contributed by atoms with E-state index in [1.54, 1.807) is 6.33 Å². The Morgan fingerprint density at radius 1 is 1.10 bits per heavy atom. The van der Waals surface area contributed by atoms with Gasteiger partial charge in [-0.2, -0.15) is 0 Å². The number of aryl methyl sites for hydroxylation is 2. The van der Waals surface area contributed by atoms with Crippen molar-refractivity contribution in [3.05, 3.63) is 46.6 Å². The van der Waals surface area contributed by atoms with Gasteiger partial charge in [0.15, 0.2) is 0 Å². The third-order valence-electron chi connectivity index (χ3n) is 3.39. The van der Waals surface area contributed by atoms with Gasteiger partial charge in [0.25, 0.3) is 0 Å². The Morgan fingerprint density at radius 2 is 1.85 bits per heavy atom. The molecule has 0 radical (unpaired) electrons. The molecule has 0 spiro atoms. The number of halogens is 2. The number of nitrogens with zero attached hydrogens (tertiary/aromatic N) is 4. The highest BCUT2D eigenvalue weighted by Gasteiger charge is 2.14. The Kier molecular flexibility index (Phi) is 3.36. The lowest BCUT2D eigenvalue weighted by Crippen LogP contribution is -2.02. The monoisotopic (exact) mass is 306 g/mol. The van der Waals surface area contributed by atoms with Crippen molar-refractivity contribution in [2.45, 2.75) is 19.7 Å². The zero-order valence-corrected chi connectivity index (χ0v) is 12.6. The van der Waals surface area contributed by atoms with E-state index in [0.29, 0.717) is 16.5 Å². The van der Waals surface area contributed by atoms with Crippen LogP contribution in [0.2, 0.25) is 5.15 Å². The fourth-order valence-electron chi connectivity index (χ4n) is 2.14. The highest BCUT2D eigenvalue weighted by Crippen LogP contribution is 2.25. The van der Waals surface area contributed by atoms with Gasteiger partial charge in [-0.05, 0) is 37.1 Å². The van der Waals surface area contributed by atoms with Crippen LogP contribution in [0, 0.1) is 13.8 Å². The summed E-state index contributed by atoms with van der Waals surface area (Å²) in [5.41, 5.74) is 5.01. The van der Waals surface area contributed by atoms with Gasteiger partial charge >= 0.3 is 0 Å². The van der Waals surface area contributed by atoms with E-state index in [9.17, 15) is 0 Å². The second-order valence-electron chi connectivity index (χ2n) is 4.64. The van der Waals surface area contributed by atoms with E-state index in [4.69, 9.17) is 23.2 Å². The van der Waals surface area contributed by atoms with Crippen molar-refractivity contribution in [3.63, 3.8) is 0 Å². The number of hydrogen-bond donors (Lipinski definition) is 0. The number of imidazole rings is 1. The molecule has 0 unspecified atom stereocenters. The van der Waals surface area contributed by atoms with E-state index in [-0.39, 0.29) is 5.88 Å². The Labute approximate surface area is 126 Å². The van der Waals surface area contributed by atoms with Crippen LogP contribution in [0.5, 0.6) is 0 Å². The van der Waals surface area contributed by atoms with Crippen molar-refractivity contribution in [3.8, 4) is 5.82 Å². The maximum absolute atomic E-state index is 6.08. The van der Waals surface area contributed by atoms with E-state index in [1.165, 1.54) is 17.5 Å². The van der Waals surface area contributed by atoms with Gasteiger partial charge in [0.1, 0.15) is 23.6 Å². The number of alkyl halides is 1. The van der Waals surface area contributed by atoms with Crippen LogP contribution in [-0.4, -0.2) is 19.5 Å². The van der Waals surface area contributed by atoms with Gasteiger partial charge in [0.2, 0.25) is 0 Å². The normalized spacial score (nSPS) is 11.2. The van der Waals surface area contributed by atoms with Crippen LogP contribution in [0.1, 0.15) is 16.7 Å². The van der Waals surface area contributed by atoms with Gasteiger partial charge in [0.05, 0.1) is 16.9 Å². The molecular formula is C14H12Cl2N4. The molecule has 3 aromatic rings. The summed E-state index contributed by atoms with van der Waals surface area (Å²) in [4.78, 5) is 12.7. The summed E-state index contributed by atoms with van der Waals surface area (Å²) >= 11 is 12.0. The van der Waals surface area contributed by atoms with E-state index in [2.05, 4.69) is 40.9 Å². The molecule has 1 aromatic carbocycles. The minimum absolute atomic E-state index is 0.250. The van der Waals surface area contributed by atoms with E-state index >= 15 is 0 Å². The highest BCUT2D eigenvalue weighted by molar-refractivity contribution is 6.31. The fraction of sp³-hybridized carbons (Fsp3) is 0.214. The van der Waals surface area contributed by atoms with Crippen molar-refractivity contribution >= 4 is 34.2 Å². The summed E-state index contributed by atoms with van der Waals surface area (Å²) in [5.74, 6) is 0.922. The van der Waals surface area contributed by atoms with Crippen LogP contribution in [0.15, 0.2) is 24.8 Å². The smallest absolute Gasteiger partial charge is 0.147 e. The molecule has 0 bridgehead atoms. The maximum atomic E-state index is 6.08. The molecule has 0 amide bonds. The van der Waals surface area contributed by atoms with Crippen molar-refractivity contribution in [2.24, 2.45) is 0 Å². The Hall–Kier alpha value is -1.65. The van der Waals surface area contributed by atoms with Gasteiger partial charge in [-0.15, -0.1) is 11.6 Å². The number of benzene rings is 1. The first-order valence-electron chi connectivity index (χ1n) is 6.12. The molecule has 0 saturated heterocycles. The fourth-order valence-corrected chi connectivity index (χ4v) is 2.65. The molecule has 0 fully saturated rings. The second-order valence-corrected chi connectivity index (χ2v) is 5.27. The quantitative estimate of drug-likeness (QED) is 0.534. The molecule has 6 heteroatoms. The topological polar surface area (TPSA) is 43.6 Å². The number of rotatable bonds is 2. The third kappa shape index (κ3) is 2.05. The van der Waals surface area contributed by atoms with Crippen LogP contribution in [0.4, 0.5) is 0 Å². The summed E-state index contributed by atoms with van der Waals surface area (Å²) in [6, 6.07) is 4.15. The van der Waals surface area contributed by atoms with Crippen molar-refractivity contribution < 1.29 is 0 Å². The standard InChI is InChI=1S/C14H12Cl2N4/c1-8-3-11-12(4-9(8)2)20(7-19-11)14-10(5-15)13(16)17-6-18-14/h3-4,6-7H,5H2,1-2H3. The van der Waals surface area contributed by atoms with Crippen LogP contribution >= 0.6 is 23.2 Å². The largest absolute Gasteiger partial charge is 0.283 e. The second kappa shape index (κ2) is 5.04. The first kappa shape index (κ1) is 13.3. The van der Waals surface area contributed by atoms with Gasteiger partial charge in [-0.1, -0.05) is 11.6 Å². The number of fused-ring (bicyclic) bond motifs is 1. The maximum Gasteiger partial charge on any atom is 0.147 e. The minimum atomic E-state index is 0.250. The van der Waals surface area contributed by atoms with Crippen molar-refractivity contribution in [1.82, 2.24) is 19.5 Å². The Bertz CT molecular complexity index is 795. The minimum Gasteiger partial charge on any atom is -0.283 e. The number of hydrogen-bond acceptors (Lipinski definition) is 3. The average molecular weight is 307 g/mol. The first-order valence-corrected chi connectivity index (χ1v) is 7.03. The summed E-state index contributed by atoms with van der Waals surface area (Å²) in [6.07, 6.45) is 3.17. The van der Waals surface area contributed by atoms with Gasteiger partial charge in [-0.25, -0.2) is 15.0 Å². The van der Waals surface area contributed by atoms with Gasteiger partial charge in [-0.3, -0.25) is 4.57 Å². The molecule has 102 valence electrons. The molecule has 3 rings (SSSR count). The van der Waals surface area contributed by atoms with Crippen molar-refractivity contribution in [1.29, 1.82) is 0 Å². The predicted octanol–water partition coefficient (Wildman–Crippen LogP) is 3.82. The molecule has 2 heterocycles. The van der Waals surface area contributed by atoms with E-state index < -0.39 is 0 Å². The summed E-state index contributed by atoms with van der Waals surface area (Å²) in [6.45, 7) is 4.14. The molecule has 0 aliphatic carbocycles. The molecule has 0 atom stereocenters. The number of aromatic nitrogens is 4. The first-order chi connectivity index (χ1) is 9.61. The Balaban J connectivity index is 2.30. The van der Waals surface area contributed by atoms with Gasteiger partial charge in [0, 0.05) is 5.56 Å². The Morgan fingerprint density at radius 3 is 2.60 bits per heavy atom. The lowest BCUT2D eigenvalue weighted by Gasteiger charge is -2.09. The summed E-state index contributed by atoms with van der Waals surface area (Å²) < 4.78 is 1.90. The predicted molar refractivity (Wildman–Crippen MR) is 80.7 cm³/mol. The molecule has 0 aliphatic rings. The highest BCUT2D eigenvalue weighted by atomic mass is 35.5. The average Bonchev–Trinajstić information content (AvgIpc) is 2.81. The van der Waals surface area contributed by atoms with Gasteiger partial charge < -0.3 is 0 Å². The lowest BCUT2D eigenvalue weighted by atomic mass is 10.1. The molecule has 2 aromatic heterocycles. The van der Waals surface area contributed by atoms with Crippen LogP contribution in [0.25, 0.3) is 16.9 Å². The lowest BCUT2D eigenvalue weighted by molar-refractivity contribution is 0.966. The SMILES string of the molecule is Cc1cc2ncn(-c3ncnc(Cl)c3CCl)c2cc1C. The zero-order valence-electron chi connectivity index (χ0n) is 11.1. The van der Waals surface area contributed by atoms with E-state index in [0.717, 1.165) is 11.0 Å². The van der Waals surface area contributed by atoms with E-state index in [1.807, 2.05) is 4.57 Å². The van der Waals surface area contributed by atoms with Crippen LogP contribution < -0.4 is 0 Å². The molecule has 0 aliphatic heterocycles. The molecule has 0 saturated carbocycles. The molecule has 0 N–H and O–H groups in total. The molecule has 4 nitrogen and oxygen atoms in total. The van der Waals surface area contributed by atoms with Crippen LogP contribution in [0.3, 0.4) is 0 Å². The van der Waals surface area contributed by atoms with Crippen molar-refractivity contribution in [2.75, 3.05) is 0 Å². The third-order valence-corrected chi connectivity index (χ3v) is 3.99. The zero-order chi connectivity index (χ0) is 14.3. The molecular weight excluding hydrogens is 295 g/mol. The summed E-state index contributed by atoms with van der Waals surface area (Å²) in [7, 11) is 0.